The zero-order valence-corrected chi connectivity index (χ0v) is 52.3. The standard InChI is InChI=1S/C57H85N11O18S2/c1-10-29(4)46(56(84)66-42(27-44(73)74)55(83)67-45(28(2)3)57(85)86)68-49(77)32(7)61-51(79)38(19-20-43(71)72)62-47(75)30(5)59-53(81)40(22-24-88-9)64-54(82)41(26-34-13-17-36(70)18-14-34)65-48(76)31(6)60-52(80)39(21-23-87-8)63-50(78)37(58)25-33-11-15-35(69)16-12-33/h11-18,28-32,37-42,45-46,69-70H,10,19-27,58H2,1-9H3,(H,59,81)(H,60,80)(H,61,79)(H,62,75)(H,63,78)(H,64,82)(H,65,76)(H,66,84)(H,67,83)(H,68,77)(H,71,72)(H,73,74)(H,85,86)/t29-,30-,31-,32-,37-,38-,39-,40-,41-,42-,45-,46-/m0/s1. The molecule has 0 bridgehead atoms. The van der Waals surface area contributed by atoms with Gasteiger partial charge in [0.2, 0.25) is 59.1 Å². The normalized spacial score (nSPS) is 15.2. The van der Waals surface area contributed by atoms with E-state index in [2.05, 4.69) is 53.2 Å². The Hall–Kier alpha value is -8.19. The molecule has 0 spiro atoms. The number of benzene rings is 2. The molecule has 29 nitrogen and oxygen atoms in total. The van der Waals surface area contributed by atoms with Crippen LogP contribution in [0.25, 0.3) is 0 Å². The largest absolute Gasteiger partial charge is 0.508 e. The molecule has 31 heteroatoms. The van der Waals surface area contributed by atoms with Crippen LogP contribution in [0.3, 0.4) is 0 Å². The molecule has 0 radical (unpaired) electrons. The van der Waals surface area contributed by atoms with Gasteiger partial charge < -0.3 is 84.4 Å². The number of carbonyl (C=O) groups is 13. The summed E-state index contributed by atoms with van der Waals surface area (Å²) in [7, 11) is 0. The van der Waals surface area contributed by atoms with Gasteiger partial charge in [0.15, 0.2) is 0 Å². The average molecular weight is 1280 g/mol. The van der Waals surface area contributed by atoms with Crippen molar-refractivity contribution in [1.82, 2.24) is 53.2 Å². The summed E-state index contributed by atoms with van der Waals surface area (Å²) in [5, 5.41) is 72.7. The van der Waals surface area contributed by atoms with Crippen molar-refractivity contribution in [2.75, 3.05) is 24.0 Å². The Morgan fingerprint density at radius 3 is 1.20 bits per heavy atom. The maximum atomic E-state index is 14.3. The van der Waals surface area contributed by atoms with Gasteiger partial charge in [-0.2, -0.15) is 23.5 Å². The van der Waals surface area contributed by atoms with E-state index >= 15 is 0 Å². The first-order valence-corrected chi connectivity index (χ1v) is 31.1. The zero-order chi connectivity index (χ0) is 66.5. The molecule has 0 saturated carbocycles. The Bertz CT molecular complexity index is 2740. The van der Waals surface area contributed by atoms with E-state index in [9.17, 15) is 87.9 Å². The molecular weight excluding hydrogens is 1190 g/mol. The predicted octanol–water partition coefficient (Wildman–Crippen LogP) is -1.25. The van der Waals surface area contributed by atoms with Crippen LogP contribution in [-0.2, 0) is 75.2 Å². The third kappa shape index (κ3) is 26.8. The molecule has 0 fully saturated rings. The van der Waals surface area contributed by atoms with Crippen LogP contribution in [0.5, 0.6) is 11.5 Å². The fourth-order valence-corrected chi connectivity index (χ4v) is 9.22. The number of nitrogens with two attached hydrogens (primary N) is 1. The summed E-state index contributed by atoms with van der Waals surface area (Å²) in [6.45, 7) is 9.98. The smallest absolute Gasteiger partial charge is 0.326 e. The minimum absolute atomic E-state index is 0.0198. The van der Waals surface area contributed by atoms with Crippen LogP contribution in [0.1, 0.15) is 98.1 Å². The van der Waals surface area contributed by atoms with Gasteiger partial charge in [0.1, 0.15) is 71.9 Å². The molecule has 0 saturated heterocycles. The summed E-state index contributed by atoms with van der Waals surface area (Å²) >= 11 is 2.71. The lowest BCUT2D eigenvalue weighted by Gasteiger charge is -2.28. The van der Waals surface area contributed by atoms with Crippen molar-refractivity contribution in [3.05, 3.63) is 59.7 Å². The van der Waals surface area contributed by atoms with Gasteiger partial charge in [0.05, 0.1) is 12.5 Å². The molecule has 17 N–H and O–H groups in total. The SMILES string of the molecule is CC[C@H](C)[C@H](NC(=O)[C@H](C)NC(=O)[C@H](CCC(=O)O)NC(=O)[C@H](C)NC(=O)[C@H](CCSC)NC(=O)[C@H](Cc1ccc(O)cc1)NC(=O)[C@H](C)NC(=O)[C@H](CCSC)NC(=O)[C@@H](N)Cc1ccc(O)cc1)C(=O)N[C@@H](CC(=O)O)C(=O)N[C@H](C(=O)O)C(C)C. The van der Waals surface area contributed by atoms with Crippen LogP contribution < -0.4 is 58.9 Å². The highest BCUT2D eigenvalue weighted by Crippen LogP contribution is 2.16. The molecule has 488 valence electrons. The van der Waals surface area contributed by atoms with Crippen LogP contribution >= 0.6 is 23.5 Å². The van der Waals surface area contributed by atoms with Crippen LogP contribution in [0, 0.1) is 11.8 Å². The molecule has 2 rings (SSSR count). The van der Waals surface area contributed by atoms with Gasteiger partial charge >= 0.3 is 17.9 Å². The van der Waals surface area contributed by atoms with Crippen molar-refractivity contribution < 1.29 is 87.9 Å². The molecule has 88 heavy (non-hydrogen) atoms. The highest BCUT2D eigenvalue weighted by Gasteiger charge is 2.37. The fourth-order valence-electron chi connectivity index (χ4n) is 8.28. The fraction of sp³-hybridized carbons (Fsp3) is 0.561. The van der Waals surface area contributed by atoms with E-state index in [1.807, 2.05) is 0 Å². The Labute approximate surface area is 518 Å². The molecule has 0 heterocycles. The quantitative estimate of drug-likeness (QED) is 0.0372. The molecule has 0 aliphatic carbocycles. The minimum atomic E-state index is -1.78. The number of carboxylic acids is 3. The molecular formula is C57H85N11O18S2. The summed E-state index contributed by atoms with van der Waals surface area (Å²) < 4.78 is 0. The third-order valence-corrected chi connectivity index (χ3v) is 15.1. The summed E-state index contributed by atoms with van der Waals surface area (Å²) in [4.78, 5) is 172. The third-order valence-electron chi connectivity index (χ3n) is 13.8. The van der Waals surface area contributed by atoms with E-state index in [0.717, 1.165) is 0 Å². The first-order chi connectivity index (χ1) is 41.3. The molecule has 0 aliphatic rings. The van der Waals surface area contributed by atoms with Crippen LogP contribution in [0.4, 0.5) is 0 Å². The molecule has 2 aromatic rings. The van der Waals surface area contributed by atoms with Crippen molar-refractivity contribution in [3.8, 4) is 11.5 Å². The maximum Gasteiger partial charge on any atom is 0.326 e. The first-order valence-electron chi connectivity index (χ1n) is 28.3. The number of thioether (sulfide) groups is 2. The van der Waals surface area contributed by atoms with Crippen molar-refractivity contribution in [2.24, 2.45) is 17.6 Å². The van der Waals surface area contributed by atoms with Gasteiger partial charge in [0.25, 0.3) is 0 Å². The average Bonchev–Trinajstić information content (AvgIpc) is 2.37. The maximum absolute atomic E-state index is 14.3. The lowest BCUT2D eigenvalue weighted by molar-refractivity contribution is -0.144. The number of nitrogens with one attached hydrogen (secondary N) is 10. The van der Waals surface area contributed by atoms with E-state index in [1.165, 1.54) is 94.5 Å². The van der Waals surface area contributed by atoms with E-state index < -0.39 is 175 Å². The topological polar surface area (TPSA) is 469 Å². The number of amides is 10. The zero-order valence-electron chi connectivity index (χ0n) is 50.6. The second-order valence-electron chi connectivity index (χ2n) is 21.4. The summed E-state index contributed by atoms with van der Waals surface area (Å²) in [5.41, 5.74) is 7.28. The van der Waals surface area contributed by atoms with Crippen LogP contribution in [0.2, 0.25) is 0 Å². The van der Waals surface area contributed by atoms with Crippen LogP contribution in [-0.4, -0.2) is 193 Å². The van der Waals surface area contributed by atoms with Gasteiger partial charge in [-0.25, -0.2) is 4.79 Å². The number of phenols is 2. The number of aliphatic carboxylic acids is 3. The predicted molar refractivity (Wildman–Crippen MR) is 325 cm³/mol. The van der Waals surface area contributed by atoms with E-state index in [0.29, 0.717) is 16.9 Å². The Morgan fingerprint density at radius 1 is 0.432 bits per heavy atom. The van der Waals surface area contributed by atoms with Crippen molar-refractivity contribution in [1.29, 1.82) is 0 Å². The highest BCUT2D eigenvalue weighted by atomic mass is 32.2. The summed E-state index contributed by atoms with van der Waals surface area (Å²) in [6.07, 6.45) is 1.65. The second-order valence-corrected chi connectivity index (χ2v) is 23.3. The van der Waals surface area contributed by atoms with Gasteiger partial charge in [-0.3, -0.25) is 57.5 Å². The molecule has 0 unspecified atom stereocenters. The Kier molecular flexibility index (Phi) is 32.9. The van der Waals surface area contributed by atoms with Gasteiger partial charge in [0, 0.05) is 12.8 Å². The monoisotopic (exact) mass is 1280 g/mol. The summed E-state index contributed by atoms with van der Waals surface area (Å²) in [5.74, 6) is -14.1. The number of carboxylic acid groups (broad SMARTS) is 3. The highest BCUT2D eigenvalue weighted by molar-refractivity contribution is 7.98. The lowest BCUT2D eigenvalue weighted by Crippen LogP contribution is -2.61. The Balaban J connectivity index is 2.29. The lowest BCUT2D eigenvalue weighted by atomic mass is 9.97. The second kappa shape index (κ2) is 38.2. The number of hydrogen-bond donors (Lipinski definition) is 16. The van der Waals surface area contributed by atoms with Crippen LogP contribution in [0.15, 0.2) is 48.5 Å². The van der Waals surface area contributed by atoms with E-state index in [4.69, 9.17) is 5.73 Å². The van der Waals surface area contributed by atoms with Gasteiger partial charge in [-0.1, -0.05) is 58.4 Å². The first kappa shape index (κ1) is 75.9. The van der Waals surface area contributed by atoms with Gasteiger partial charge in [-0.05, 0) is 118 Å². The van der Waals surface area contributed by atoms with Gasteiger partial charge in [-0.15, -0.1) is 0 Å². The number of hydrogen-bond acceptors (Lipinski definition) is 18. The number of aromatic hydroxyl groups is 2. The molecule has 2 aromatic carbocycles. The molecule has 10 amide bonds. The molecule has 12 atom stereocenters. The minimum Gasteiger partial charge on any atom is -0.508 e. The van der Waals surface area contributed by atoms with E-state index in [-0.39, 0.29) is 49.4 Å². The summed E-state index contributed by atoms with van der Waals surface area (Å²) in [6, 6.07) is -3.82. The van der Waals surface area contributed by atoms with Crippen molar-refractivity contribution >= 4 is 101 Å². The number of phenolic OH excluding ortho intramolecular Hbond substituents is 2. The van der Waals surface area contributed by atoms with Crippen molar-refractivity contribution in [2.45, 2.75) is 166 Å². The van der Waals surface area contributed by atoms with Crippen molar-refractivity contribution in [3.63, 3.8) is 0 Å². The number of carbonyl (C=O) groups excluding carboxylic acids is 10. The molecule has 0 aliphatic heterocycles. The number of rotatable bonds is 39. The molecule has 0 aromatic heterocycles. The van der Waals surface area contributed by atoms with E-state index in [1.54, 1.807) is 38.5 Å². The Morgan fingerprint density at radius 2 is 0.795 bits per heavy atom.